The van der Waals surface area contributed by atoms with Crippen LogP contribution in [0.2, 0.25) is 5.15 Å². The molecule has 4 rings (SSSR count). The van der Waals surface area contributed by atoms with Crippen molar-refractivity contribution in [1.82, 2.24) is 24.6 Å². The Balaban J connectivity index is 1.65. The largest absolute Gasteiger partial charge is 0.451 e. The van der Waals surface area contributed by atoms with Crippen LogP contribution in [0.1, 0.15) is 35.2 Å². The van der Waals surface area contributed by atoms with Gasteiger partial charge >= 0.3 is 6.18 Å². The molecular weight excluding hydrogens is 350 g/mol. The van der Waals surface area contributed by atoms with Gasteiger partial charge in [0.05, 0.1) is 6.20 Å². The molecule has 1 aliphatic carbocycles. The number of imidazole rings is 1. The molecule has 0 saturated heterocycles. The minimum Gasteiger partial charge on any atom is -0.233 e. The number of hydrogen-bond acceptors (Lipinski definition) is 4. The number of nitrogens with zero attached hydrogens (tertiary/aromatic N) is 5. The van der Waals surface area contributed by atoms with Crippen LogP contribution in [0.15, 0.2) is 24.7 Å². The standard InChI is InChI=1S/C14H8ClF4N5/c15-10-2-9(12-20-5-11(16)24(12)23-10)8-1-7(8)6-3-21-13(22-4-6)14(17,18)19/h2-5,7-8H,1H2/t7-,8+/m1/s1. The zero-order valence-corrected chi connectivity index (χ0v) is 12.6. The fourth-order valence-electron chi connectivity index (χ4n) is 2.79. The minimum atomic E-state index is -4.57. The highest BCUT2D eigenvalue weighted by Crippen LogP contribution is 2.55. The SMILES string of the molecule is Fc1cnc2c([C@H]3C[C@@H]3c3cnc(C(F)(F)F)nc3)cc(Cl)nn12. The summed E-state index contributed by atoms with van der Waals surface area (Å²) in [5.41, 5.74) is 1.63. The molecule has 24 heavy (non-hydrogen) atoms. The molecule has 0 amide bonds. The molecule has 10 heteroatoms. The van der Waals surface area contributed by atoms with Crippen LogP contribution in [0.25, 0.3) is 5.65 Å². The van der Waals surface area contributed by atoms with Crippen LogP contribution in [0.4, 0.5) is 17.6 Å². The van der Waals surface area contributed by atoms with Crippen LogP contribution in [0.3, 0.4) is 0 Å². The normalized spacial score (nSPS) is 20.5. The van der Waals surface area contributed by atoms with Crippen LogP contribution in [0, 0.1) is 5.95 Å². The Morgan fingerprint density at radius 1 is 1.08 bits per heavy atom. The Morgan fingerprint density at radius 2 is 1.79 bits per heavy atom. The van der Waals surface area contributed by atoms with Crippen molar-refractivity contribution in [3.05, 3.63) is 52.7 Å². The van der Waals surface area contributed by atoms with Gasteiger partial charge in [0.1, 0.15) is 0 Å². The maximum absolute atomic E-state index is 13.6. The number of alkyl halides is 3. The molecule has 0 aromatic carbocycles. The zero-order chi connectivity index (χ0) is 17.1. The van der Waals surface area contributed by atoms with Crippen LogP contribution in [0.5, 0.6) is 0 Å². The van der Waals surface area contributed by atoms with Gasteiger partial charge in [-0.2, -0.15) is 27.2 Å². The average Bonchev–Trinajstić information content (AvgIpc) is 3.24. The average molecular weight is 358 g/mol. The Morgan fingerprint density at radius 3 is 2.46 bits per heavy atom. The highest BCUT2D eigenvalue weighted by atomic mass is 35.5. The summed E-state index contributed by atoms with van der Waals surface area (Å²) >= 11 is 5.91. The van der Waals surface area contributed by atoms with Crippen molar-refractivity contribution in [2.75, 3.05) is 0 Å². The predicted molar refractivity (Wildman–Crippen MR) is 75.1 cm³/mol. The first-order valence-corrected chi connectivity index (χ1v) is 7.31. The van der Waals surface area contributed by atoms with Crippen LogP contribution in [-0.4, -0.2) is 24.6 Å². The maximum atomic E-state index is 13.6. The molecule has 0 N–H and O–H groups in total. The van der Waals surface area contributed by atoms with Crippen molar-refractivity contribution in [3.63, 3.8) is 0 Å². The van der Waals surface area contributed by atoms with Crippen molar-refractivity contribution in [2.24, 2.45) is 0 Å². The highest BCUT2D eigenvalue weighted by Gasteiger charge is 2.42. The van der Waals surface area contributed by atoms with Crippen molar-refractivity contribution in [3.8, 4) is 0 Å². The fourth-order valence-corrected chi connectivity index (χ4v) is 2.98. The molecule has 0 bridgehead atoms. The van der Waals surface area contributed by atoms with E-state index in [1.807, 2.05) is 0 Å². The molecule has 1 aliphatic rings. The fraction of sp³-hybridized carbons (Fsp3) is 0.286. The summed E-state index contributed by atoms with van der Waals surface area (Å²) in [6.45, 7) is 0. The lowest BCUT2D eigenvalue weighted by Crippen LogP contribution is -2.10. The first-order chi connectivity index (χ1) is 11.3. The van der Waals surface area contributed by atoms with Crippen LogP contribution >= 0.6 is 11.6 Å². The number of hydrogen-bond donors (Lipinski definition) is 0. The molecule has 0 spiro atoms. The van der Waals surface area contributed by atoms with Crippen molar-refractivity contribution < 1.29 is 17.6 Å². The van der Waals surface area contributed by atoms with E-state index in [9.17, 15) is 17.6 Å². The van der Waals surface area contributed by atoms with E-state index < -0.39 is 17.9 Å². The summed E-state index contributed by atoms with van der Waals surface area (Å²) in [5, 5.41) is 3.95. The Labute approximate surface area is 137 Å². The Bertz CT molecular complexity index is 921. The summed E-state index contributed by atoms with van der Waals surface area (Å²) in [5.74, 6) is -1.92. The van der Waals surface area contributed by atoms with E-state index in [-0.39, 0.29) is 17.0 Å². The van der Waals surface area contributed by atoms with E-state index in [1.165, 1.54) is 12.4 Å². The van der Waals surface area contributed by atoms with Gasteiger partial charge in [-0.1, -0.05) is 11.6 Å². The first-order valence-electron chi connectivity index (χ1n) is 6.93. The van der Waals surface area contributed by atoms with Gasteiger partial charge in [-0.3, -0.25) is 0 Å². The van der Waals surface area contributed by atoms with E-state index in [0.717, 1.165) is 10.7 Å². The second kappa shape index (κ2) is 5.10. The number of aromatic nitrogens is 5. The molecule has 3 aromatic rings. The lowest BCUT2D eigenvalue weighted by atomic mass is 10.1. The molecule has 5 nitrogen and oxygen atoms in total. The lowest BCUT2D eigenvalue weighted by molar-refractivity contribution is -0.145. The second-order valence-corrected chi connectivity index (χ2v) is 5.91. The zero-order valence-electron chi connectivity index (χ0n) is 11.8. The summed E-state index contributed by atoms with van der Waals surface area (Å²) in [4.78, 5) is 10.7. The third kappa shape index (κ3) is 2.48. The predicted octanol–water partition coefficient (Wildman–Crippen LogP) is 3.60. The molecule has 1 fully saturated rings. The van der Waals surface area contributed by atoms with Gasteiger partial charge in [0.15, 0.2) is 10.8 Å². The van der Waals surface area contributed by atoms with E-state index in [2.05, 4.69) is 20.1 Å². The van der Waals surface area contributed by atoms with Gasteiger partial charge in [-0.25, -0.2) is 15.0 Å². The first kappa shape index (κ1) is 15.3. The van der Waals surface area contributed by atoms with Gasteiger partial charge in [-0.15, -0.1) is 0 Å². The molecule has 0 unspecified atom stereocenters. The number of fused-ring (bicyclic) bond motifs is 1. The summed E-state index contributed by atoms with van der Waals surface area (Å²) in [7, 11) is 0. The molecule has 3 heterocycles. The van der Waals surface area contributed by atoms with E-state index in [0.29, 0.717) is 23.2 Å². The number of rotatable bonds is 2. The second-order valence-electron chi connectivity index (χ2n) is 5.53. The third-order valence-electron chi connectivity index (χ3n) is 3.97. The maximum Gasteiger partial charge on any atom is 0.451 e. The lowest BCUT2D eigenvalue weighted by Gasteiger charge is -2.06. The van der Waals surface area contributed by atoms with E-state index in [1.54, 1.807) is 6.07 Å². The van der Waals surface area contributed by atoms with Gasteiger partial charge in [0, 0.05) is 18.0 Å². The van der Waals surface area contributed by atoms with Crippen LogP contribution in [-0.2, 0) is 6.18 Å². The van der Waals surface area contributed by atoms with Gasteiger partial charge in [-0.05, 0) is 29.9 Å². The molecule has 0 radical (unpaired) electrons. The minimum absolute atomic E-state index is 0.0462. The highest BCUT2D eigenvalue weighted by molar-refractivity contribution is 6.29. The Hall–Kier alpha value is -2.29. The van der Waals surface area contributed by atoms with Crippen molar-refractivity contribution in [1.29, 1.82) is 0 Å². The molecule has 3 aromatic heterocycles. The summed E-state index contributed by atoms with van der Waals surface area (Å²) < 4.78 is 52.1. The van der Waals surface area contributed by atoms with E-state index >= 15 is 0 Å². The van der Waals surface area contributed by atoms with Crippen molar-refractivity contribution in [2.45, 2.75) is 24.4 Å². The van der Waals surface area contributed by atoms with Gasteiger partial charge in [0.25, 0.3) is 0 Å². The van der Waals surface area contributed by atoms with Crippen molar-refractivity contribution >= 4 is 17.2 Å². The molecule has 2 atom stereocenters. The van der Waals surface area contributed by atoms with Gasteiger partial charge in [0.2, 0.25) is 11.8 Å². The summed E-state index contributed by atoms with van der Waals surface area (Å²) in [6, 6.07) is 1.60. The third-order valence-corrected chi connectivity index (χ3v) is 4.15. The Kier molecular flexibility index (Phi) is 3.24. The van der Waals surface area contributed by atoms with Gasteiger partial charge < -0.3 is 0 Å². The summed E-state index contributed by atoms with van der Waals surface area (Å²) in [6.07, 6.45) is -0.515. The molecular formula is C14H8ClF4N5. The topological polar surface area (TPSA) is 56.0 Å². The van der Waals surface area contributed by atoms with E-state index in [4.69, 9.17) is 11.6 Å². The smallest absolute Gasteiger partial charge is 0.233 e. The molecule has 1 saturated carbocycles. The monoisotopic (exact) mass is 357 g/mol. The van der Waals surface area contributed by atoms with Crippen LogP contribution < -0.4 is 0 Å². The number of halogens is 5. The molecule has 124 valence electrons. The molecule has 0 aliphatic heterocycles. The quantitative estimate of drug-likeness (QED) is 0.658.